The van der Waals surface area contributed by atoms with Gasteiger partial charge in [0.2, 0.25) is 0 Å². The van der Waals surface area contributed by atoms with Crippen LogP contribution in [0, 0.1) is 0 Å². The molecule has 6 heteroatoms. The Morgan fingerprint density at radius 2 is 1.74 bits per heavy atom. The van der Waals surface area contributed by atoms with Crippen molar-refractivity contribution in [1.29, 1.82) is 0 Å². The topological polar surface area (TPSA) is 82.6 Å². The summed E-state index contributed by atoms with van der Waals surface area (Å²) < 4.78 is 11.0. The first-order chi connectivity index (χ1) is 13.1. The molecule has 27 heavy (non-hydrogen) atoms. The van der Waals surface area contributed by atoms with E-state index in [0.717, 1.165) is 28.0 Å². The van der Waals surface area contributed by atoms with E-state index < -0.39 is 5.54 Å². The van der Waals surface area contributed by atoms with Gasteiger partial charge in [0.1, 0.15) is 18.2 Å². The van der Waals surface area contributed by atoms with E-state index >= 15 is 0 Å². The second-order valence-corrected chi connectivity index (χ2v) is 6.41. The van der Waals surface area contributed by atoms with Crippen LogP contribution >= 0.6 is 0 Å². The van der Waals surface area contributed by atoms with Crippen molar-refractivity contribution >= 4 is 6.02 Å². The van der Waals surface area contributed by atoms with Crippen molar-refractivity contribution in [2.75, 3.05) is 7.11 Å². The molecule has 0 amide bonds. The number of rotatable bonds is 4. The third-order valence-corrected chi connectivity index (χ3v) is 4.90. The van der Waals surface area contributed by atoms with E-state index in [4.69, 9.17) is 20.2 Å². The maximum atomic E-state index is 5.96. The fraction of sp³-hybridized carbons (Fsp3) is 0.190. The normalized spacial score (nSPS) is 21.4. The molecule has 2 N–H and O–H groups in total. The first kappa shape index (κ1) is 17.0. The van der Waals surface area contributed by atoms with E-state index in [1.165, 1.54) is 6.33 Å². The van der Waals surface area contributed by atoms with Crippen LogP contribution in [0.1, 0.15) is 18.1 Å². The number of aliphatic imine (C=N–C) groups is 1. The maximum absolute atomic E-state index is 5.96. The summed E-state index contributed by atoms with van der Waals surface area (Å²) in [6, 6.07) is 16.2. The van der Waals surface area contributed by atoms with Crippen molar-refractivity contribution in [3.8, 4) is 16.9 Å². The number of hydrogen-bond acceptors (Lipinski definition) is 6. The van der Waals surface area contributed by atoms with Gasteiger partial charge in [-0.3, -0.25) is 0 Å². The SMILES string of the molecule is COc1ccc(C2(c3cccc(-c4cncnc4)c3)N=C(N)OC2C)cc1. The monoisotopic (exact) mass is 360 g/mol. The summed E-state index contributed by atoms with van der Waals surface area (Å²) in [6.07, 6.45) is 4.84. The molecule has 2 aromatic carbocycles. The highest BCUT2D eigenvalue weighted by Crippen LogP contribution is 2.43. The molecule has 4 rings (SSSR count). The predicted molar refractivity (Wildman–Crippen MR) is 103 cm³/mol. The van der Waals surface area contributed by atoms with Crippen LogP contribution in [0.2, 0.25) is 0 Å². The van der Waals surface area contributed by atoms with Crippen LogP contribution in [0.25, 0.3) is 11.1 Å². The molecular formula is C21H20N4O2. The molecule has 1 aliphatic heterocycles. The van der Waals surface area contributed by atoms with Crippen LogP contribution in [0.3, 0.4) is 0 Å². The minimum absolute atomic E-state index is 0.187. The summed E-state index contributed by atoms with van der Waals surface area (Å²) in [4.78, 5) is 13.0. The molecule has 0 radical (unpaired) electrons. The molecule has 0 spiro atoms. The average Bonchev–Trinajstić information content (AvgIpc) is 3.03. The minimum Gasteiger partial charge on any atom is -0.497 e. The van der Waals surface area contributed by atoms with Crippen molar-refractivity contribution in [2.24, 2.45) is 10.7 Å². The van der Waals surface area contributed by atoms with Crippen LogP contribution in [-0.2, 0) is 10.3 Å². The number of benzene rings is 2. The van der Waals surface area contributed by atoms with Gasteiger partial charge in [-0.25, -0.2) is 15.0 Å². The molecule has 3 aromatic rings. The van der Waals surface area contributed by atoms with Crippen LogP contribution in [-0.4, -0.2) is 29.2 Å². The number of hydrogen-bond donors (Lipinski definition) is 1. The number of nitrogens with two attached hydrogens (primary N) is 1. The van der Waals surface area contributed by atoms with Gasteiger partial charge in [0, 0.05) is 18.0 Å². The summed E-state index contributed by atoms with van der Waals surface area (Å²) in [5.41, 5.74) is 9.15. The highest BCUT2D eigenvalue weighted by Gasteiger charge is 2.46. The summed E-state index contributed by atoms with van der Waals surface area (Å²) in [7, 11) is 1.65. The molecule has 0 aliphatic carbocycles. The Hall–Kier alpha value is -3.41. The lowest BCUT2D eigenvalue weighted by atomic mass is 9.79. The Morgan fingerprint density at radius 3 is 2.37 bits per heavy atom. The lowest BCUT2D eigenvalue weighted by Crippen LogP contribution is -2.34. The van der Waals surface area contributed by atoms with Crippen molar-refractivity contribution in [3.05, 3.63) is 78.4 Å². The minimum atomic E-state index is -0.734. The summed E-state index contributed by atoms with van der Waals surface area (Å²) in [5, 5.41) is 0. The highest BCUT2D eigenvalue weighted by molar-refractivity contribution is 5.76. The zero-order chi connectivity index (χ0) is 18.9. The molecule has 2 unspecified atom stereocenters. The molecule has 0 bridgehead atoms. The Morgan fingerprint density at radius 1 is 1.00 bits per heavy atom. The molecular weight excluding hydrogens is 340 g/mol. The fourth-order valence-corrected chi connectivity index (χ4v) is 3.55. The van der Waals surface area contributed by atoms with Crippen LogP contribution in [0.15, 0.2) is 72.2 Å². The number of aromatic nitrogens is 2. The van der Waals surface area contributed by atoms with E-state index in [0.29, 0.717) is 0 Å². The zero-order valence-corrected chi connectivity index (χ0v) is 15.2. The molecule has 0 saturated heterocycles. The molecule has 0 saturated carbocycles. The van der Waals surface area contributed by atoms with Gasteiger partial charge in [-0.15, -0.1) is 0 Å². The van der Waals surface area contributed by atoms with E-state index in [2.05, 4.69) is 16.0 Å². The Kier molecular flexibility index (Phi) is 4.24. The third-order valence-electron chi connectivity index (χ3n) is 4.90. The second-order valence-electron chi connectivity index (χ2n) is 6.41. The van der Waals surface area contributed by atoms with Crippen molar-refractivity contribution in [2.45, 2.75) is 18.6 Å². The molecule has 1 aliphatic rings. The summed E-state index contributed by atoms with van der Waals surface area (Å²) in [5.74, 6) is 0.785. The van der Waals surface area contributed by atoms with Gasteiger partial charge in [0.15, 0.2) is 5.54 Å². The molecule has 1 aromatic heterocycles. The van der Waals surface area contributed by atoms with Crippen LogP contribution in [0.5, 0.6) is 5.75 Å². The number of amidine groups is 1. The lowest BCUT2D eigenvalue weighted by molar-refractivity contribution is 0.174. The maximum Gasteiger partial charge on any atom is 0.283 e. The number of ether oxygens (including phenoxy) is 2. The lowest BCUT2D eigenvalue weighted by Gasteiger charge is -2.30. The Bertz CT molecular complexity index is 973. The van der Waals surface area contributed by atoms with Gasteiger partial charge in [0.25, 0.3) is 6.02 Å². The van der Waals surface area contributed by atoms with Gasteiger partial charge in [-0.1, -0.05) is 30.3 Å². The number of methoxy groups -OCH3 is 1. The van der Waals surface area contributed by atoms with Gasteiger partial charge in [-0.05, 0) is 41.8 Å². The molecule has 2 heterocycles. The Labute approximate surface area is 157 Å². The quantitative estimate of drug-likeness (QED) is 0.773. The van der Waals surface area contributed by atoms with E-state index in [1.807, 2.05) is 49.4 Å². The highest BCUT2D eigenvalue weighted by atomic mass is 16.5. The second kappa shape index (κ2) is 6.72. The van der Waals surface area contributed by atoms with E-state index in [9.17, 15) is 0 Å². The third kappa shape index (κ3) is 2.89. The van der Waals surface area contributed by atoms with Crippen LogP contribution in [0.4, 0.5) is 0 Å². The molecule has 136 valence electrons. The smallest absolute Gasteiger partial charge is 0.283 e. The predicted octanol–water partition coefficient (Wildman–Crippen LogP) is 3.13. The zero-order valence-electron chi connectivity index (χ0n) is 15.2. The van der Waals surface area contributed by atoms with E-state index in [-0.39, 0.29) is 12.1 Å². The average molecular weight is 360 g/mol. The molecule has 6 nitrogen and oxygen atoms in total. The van der Waals surface area contributed by atoms with Crippen molar-refractivity contribution < 1.29 is 9.47 Å². The summed E-state index contributed by atoms with van der Waals surface area (Å²) in [6.45, 7) is 1.98. The Balaban J connectivity index is 1.88. The van der Waals surface area contributed by atoms with Gasteiger partial charge in [-0.2, -0.15) is 0 Å². The van der Waals surface area contributed by atoms with Gasteiger partial charge < -0.3 is 15.2 Å². The fourth-order valence-electron chi connectivity index (χ4n) is 3.55. The first-order valence-corrected chi connectivity index (χ1v) is 8.66. The van der Waals surface area contributed by atoms with Crippen LogP contribution < -0.4 is 10.5 Å². The molecule has 2 atom stereocenters. The van der Waals surface area contributed by atoms with Crippen molar-refractivity contribution in [3.63, 3.8) is 0 Å². The van der Waals surface area contributed by atoms with Gasteiger partial charge in [0.05, 0.1) is 7.11 Å². The number of nitrogens with zero attached hydrogens (tertiary/aromatic N) is 3. The summed E-state index contributed by atoms with van der Waals surface area (Å²) >= 11 is 0. The standard InChI is InChI=1S/C21H20N4O2/c1-14-21(25-20(22)27-14,17-6-8-19(26-2)9-7-17)18-5-3-4-15(10-18)16-11-23-13-24-12-16/h3-14H,1-2H3,(H2,22,25). The largest absolute Gasteiger partial charge is 0.497 e. The van der Waals surface area contributed by atoms with Crippen molar-refractivity contribution in [1.82, 2.24) is 9.97 Å². The first-order valence-electron chi connectivity index (χ1n) is 8.66. The van der Waals surface area contributed by atoms with Gasteiger partial charge >= 0.3 is 0 Å². The molecule has 0 fully saturated rings. The van der Waals surface area contributed by atoms with E-state index in [1.54, 1.807) is 19.5 Å².